The molecule has 2 aliphatic rings. The minimum atomic E-state index is -4.53. The number of Topliss-reactive ketones (excluding diaryl/α,β-unsaturated/α-hetero) is 1. The van der Waals surface area contributed by atoms with Crippen LogP contribution in [-0.4, -0.2) is 68.3 Å². The lowest BCUT2D eigenvalue weighted by atomic mass is 9.88. The van der Waals surface area contributed by atoms with Gasteiger partial charge >= 0.3 is 6.18 Å². The summed E-state index contributed by atoms with van der Waals surface area (Å²) in [4.78, 5) is 44.6. The van der Waals surface area contributed by atoms with Gasteiger partial charge in [-0.1, -0.05) is 25.3 Å². The Hall–Kier alpha value is -4.42. The van der Waals surface area contributed by atoms with Gasteiger partial charge in [0.15, 0.2) is 17.4 Å². The molecule has 0 unspecified atom stereocenters. The molecule has 214 valence electrons. The summed E-state index contributed by atoms with van der Waals surface area (Å²) in [6.07, 6.45) is -2.56. The molecular weight excluding hydrogens is 549 g/mol. The number of carbonyl (C=O) groups is 3. The third kappa shape index (κ3) is 5.23. The number of hydrogen-bond acceptors (Lipinski definition) is 5. The Morgan fingerprint density at radius 2 is 1.46 bits per heavy atom. The van der Waals surface area contributed by atoms with Gasteiger partial charge in [-0.2, -0.15) is 18.3 Å². The number of ketones is 1. The van der Waals surface area contributed by atoms with Gasteiger partial charge in [0.1, 0.15) is 11.2 Å². The fourth-order valence-corrected chi connectivity index (χ4v) is 5.22. The maximum atomic E-state index is 13.8. The van der Waals surface area contributed by atoms with Crippen molar-refractivity contribution in [1.82, 2.24) is 24.6 Å². The first-order valence-corrected chi connectivity index (χ1v) is 12.7. The Bertz CT molecular complexity index is 1570. The molecule has 2 aliphatic heterocycles. The van der Waals surface area contributed by atoms with Crippen LogP contribution in [0.25, 0.3) is 22.3 Å². The highest BCUT2D eigenvalue weighted by atomic mass is 19.4. The van der Waals surface area contributed by atoms with Crippen molar-refractivity contribution in [2.45, 2.75) is 25.1 Å². The Kier molecular flexibility index (Phi) is 7.22. The number of nitrogens with zero attached hydrogens (tertiary/aromatic N) is 5. The molecule has 0 aliphatic carbocycles. The molecule has 0 radical (unpaired) electrons. The molecule has 5 rings (SSSR count). The van der Waals surface area contributed by atoms with E-state index in [0.29, 0.717) is 11.1 Å². The standard InChI is InChI=1S/C28H24F5N5O3/c1-15(29)26(40)36-11-8-18(9-12-36)25(39)21-7-10-34-23-22(17-3-5-19(6-4-17)28(31,32)33)35-38(24(21)23)20-13-37(14-20)27(41)16(2)30/h3-7,10,18,20H,1-2,8-9,11-14H2. The van der Waals surface area contributed by atoms with Crippen LogP contribution in [0.5, 0.6) is 0 Å². The number of alkyl halides is 3. The molecule has 0 spiro atoms. The zero-order chi connectivity index (χ0) is 29.6. The molecule has 0 bridgehead atoms. The van der Waals surface area contributed by atoms with Crippen LogP contribution in [-0.2, 0) is 15.8 Å². The predicted octanol–water partition coefficient (Wildman–Crippen LogP) is 4.89. The highest BCUT2D eigenvalue weighted by Gasteiger charge is 2.37. The van der Waals surface area contributed by atoms with E-state index in [9.17, 15) is 36.3 Å². The van der Waals surface area contributed by atoms with E-state index in [0.717, 1.165) is 12.1 Å². The summed E-state index contributed by atoms with van der Waals surface area (Å²) in [5.74, 6) is -4.63. The number of hydrogen-bond donors (Lipinski definition) is 0. The highest BCUT2D eigenvalue weighted by Crippen LogP contribution is 2.37. The quantitative estimate of drug-likeness (QED) is 0.238. The summed E-state index contributed by atoms with van der Waals surface area (Å²) in [5.41, 5.74) is 0.608. The second kappa shape index (κ2) is 10.5. The topological polar surface area (TPSA) is 88.4 Å². The van der Waals surface area contributed by atoms with Crippen LogP contribution in [0.1, 0.15) is 34.8 Å². The van der Waals surface area contributed by atoms with Crippen molar-refractivity contribution in [3.05, 3.63) is 72.5 Å². The maximum Gasteiger partial charge on any atom is 0.416 e. The third-order valence-corrected chi connectivity index (χ3v) is 7.45. The van der Waals surface area contributed by atoms with Crippen LogP contribution in [0.4, 0.5) is 22.0 Å². The van der Waals surface area contributed by atoms with Crippen molar-refractivity contribution in [2.75, 3.05) is 26.2 Å². The lowest BCUT2D eigenvalue weighted by Crippen LogP contribution is -2.51. The fraction of sp³-hybridized carbons (Fsp3) is 0.321. The average molecular weight is 574 g/mol. The van der Waals surface area contributed by atoms with E-state index in [-0.39, 0.29) is 61.6 Å². The van der Waals surface area contributed by atoms with Gasteiger partial charge in [0.05, 0.1) is 17.1 Å². The van der Waals surface area contributed by atoms with E-state index in [2.05, 4.69) is 23.2 Å². The molecule has 41 heavy (non-hydrogen) atoms. The molecule has 13 heteroatoms. The van der Waals surface area contributed by atoms with Crippen LogP contribution in [0, 0.1) is 5.92 Å². The smallest absolute Gasteiger partial charge is 0.337 e. The number of benzene rings is 1. The van der Waals surface area contributed by atoms with Gasteiger partial charge in [0.2, 0.25) is 0 Å². The molecule has 2 saturated heterocycles. The number of likely N-dealkylation sites (tertiary alicyclic amines) is 2. The number of aromatic nitrogens is 3. The highest BCUT2D eigenvalue weighted by molar-refractivity contribution is 6.09. The van der Waals surface area contributed by atoms with Crippen molar-refractivity contribution in [3.8, 4) is 11.3 Å². The van der Waals surface area contributed by atoms with E-state index in [1.54, 1.807) is 0 Å². The van der Waals surface area contributed by atoms with Crippen molar-refractivity contribution in [3.63, 3.8) is 0 Å². The number of amides is 2. The van der Waals surface area contributed by atoms with E-state index in [1.807, 2.05) is 0 Å². The summed E-state index contributed by atoms with van der Waals surface area (Å²) < 4.78 is 67.6. The molecule has 0 atom stereocenters. The molecule has 1 aromatic carbocycles. The zero-order valence-electron chi connectivity index (χ0n) is 21.6. The van der Waals surface area contributed by atoms with Gasteiger partial charge < -0.3 is 9.80 Å². The monoisotopic (exact) mass is 573 g/mol. The number of fused-ring (bicyclic) bond motifs is 1. The number of piperidine rings is 1. The van der Waals surface area contributed by atoms with Crippen molar-refractivity contribution in [2.24, 2.45) is 5.92 Å². The van der Waals surface area contributed by atoms with Gasteiger partial charge in [-0.3, -0.25) is 24.0 Å². The van der Waals surface area contributed by atoms with Crippen LogP contribution >= 0.6 is 0 Å². The third-order valence-electron chi connectivity index (χ3n) is 7.45. The second-order valence-corrected chi connectivity index (χ2v) is 10.0. The van der Waals surface area contributed by atoms with Gasteiger partial charge in [-0.25, -0.2) is 8.78 Å². The molecule has 3 aromatic rings. The van der Waals surface area contributed by atoms with E-state index < -0.39 is 47.2 Å². The summed E-state index contributed by atoms with van der Waals surface area (Å²) in [6, 6.07) is 5.43. The van der Waals surface area contributed by atoms with Gasteiger partial charge in [0.25, 0.3) is 11.8 Å². The molecular formula is C28H24F5N5O3. The lowest BCUT2D eigenvalue weighted by molar-refractivity contribution is -0.137. The molecule has 2 aromatic heterocycles. The van der Waals surface area contributed by atoms with E-state index in [4.69, 9.17) is 0 Å². The molecule has 2 fully saturated rings. The number of carbonyl (C=O) groups excluding carboxylic acids is 3. The maximum absolute atomic E-state index is 13.8. The van der Waals surface area contributed by atoms with Crippen molar-refractivity contribution in [1.29, 1.82) is 0 Å². The van der Waals surface area contributed by atoms with Crippen molar-refractivity contribution < 1.29 is 36.3 Å². The first-order chi connectivity index (χ1) is 19.4. The van der Waals surface area contributed by atoms with Crippen LogP contribution in [0.3, 0.4) is 0 Å². The lowest BCUT2D eigenvalue weighted by Gasteiger charge is -2.39. The normalized spacial score (nSPS) is 16.5. The number of pyridine rings is 1. The van der Waals surface area contributed by atoms with Gasteiger partial charge in [-0.05, 0) is 31.0 Å². The first kappa shape index (κ1) is 28.1. The van der Waals surface area contributed by atoms with Crippen LogP contribution in [0.15, 0.2) is 61.3 Å². The molecule has 0 N–H and O–H groups in total. The molecule has 8 nitrogen and oxygen atoms in total. The summed E-state index contributed by atoms with van der Waals surface area (Å²) in [5, 5.41) is 4.62. The molecule has 4 heterocycles. The number of halogens is 5. The van der Waals surface area contributed by atoms with Gasteiger partial charge in [0, 0.05) is 49.4 Å². The van der Waals surface area contributed by atoms with Crippen LogP contribution in [0.2, 0.25) is 0 Å². The fourth-order valence-electron chi connectivity index (χ4n) is 5.22. The molecule has 2 amide bonds. The Morgan fingerprint density at radius 1 is 0.878 bits per heavy atom. The molecule has 0 saturated carbocycles. The van der Waals surface area contributed by atoms with Gasteiger partial charge in [-0.15, -0.1) is 0 Å². The number of rotatable bonds is 6. The van der Waals surface area contributed by atoms with E-state index >= 15 is 0 Å². The largest absolute Gasteiger partial charge is 0.416 e. The summed E-state index contributed by atoms with van der Waals surface area (Å²) >= 11 is 0. The van der Waals surface area contributed by atoms with E-state index in [1.165, 1.54) is 38.9 Å². The summed E-state index contributed by atoms with van der Waals surface area (Å²) in [7, 11) is 0. The Balaban J connectivity index is 1.52. The SMILES string of the molecule is C=C(F)C(=O)N1CCC(C(=O)c2ccnc3c(-c4ccc(C(F)(F)F)cc4)nn(C4CN(C(=O)C(=C)F)C4)c23)CC1. The first-order valence-electron chi connectivity index (χ1n) is 12.7. The van der Waals surface area contributed by atoms with Crippen LogP contribution < -0.4 is 0 Å². The van der Waals surface area contributed by atoms with Crippen molar-refractivity contribution >= 4 is 28.6 Å². The second-order valence-electron chi connectivity index (χ2n) is 10.0. The zero-order valence-corrected chi connectivity index (χ0v) is 21.6. The average Bonchev–Trinajstić information content (AvgIpc) is 3.30. The predicted molar refractivity (Wildman–Crippen MR) is 138 cm³/mol. The Labute approximate surface area is 230 Å². The minimum absolute atomic E-state index is 0.0706. The minimum Gasteiger partial charge on any atom is -0.337 e. The summed E-state index contributed by atoms with van der Waals surface area (Å²) in [6.45, 7) is 6.52. The Morgan fingerprint density at radius 3 is 2.02 bits per heavy atom.